The molecular weight excluding hydrogens is 699 g/mol. The summed E-state index contributed by atoms with van der Waals surface area (Å²) < 4.78 is 7.37. The van der Waals surface area contributed by atoms with Gasteiger partial charge in [-0.3, -0.25) is 34.1 Å². The minimum absolute atomic E-state index is 0.0330. The van der Waals surface area contributed by atoms with Gasteiger partial charge in [0.1, 0.15) is 11.2 Å². The smallest absolute Gasteiger partial charge is 0.252 e. The van der Waals surface area contributed by atoms with Crippen molar-refractivity contribution in [2.24, 2.45) is 0 Å². The normalized spacial score (nSPS) is 14.5. The van der Waals surface area contributed by atoms with Gasteiger partial charge in [0.15, 0.2) is 0 Å². The number of benzene rings is 3. The van der Waals surface area contributed by atoms with Gasteiger partial charge in [-0.1, -0.05) is 60.7 Å². The van der Waals surface area contributed by atoms with Crippen LogP contribution in [0.15, 0.2) is 158 Å². The molecule has 0 saturated heterocycles. The average molecular weight is 727 g/mol. The molecule has 0 saturated carbocycles. The lowest BCUT2D eigenvalue weighted by Crippen LogP contribution is -2.59. The van der Waals surface area contributed by atoms with Gasteiger partial charge in [0.05, 0.1) is 50.3 Å². The third-order valence-electron chi connectivity index (χ3n) is 12.5. The van der Waals surface area contributed by atoms with Crippen LogP contribution in [0.2, 0.25) is 0 Å². The highest BCUT2D eigenvalue weighted by molar-refractivity contribution is 7.00. The molecule has 57 heavy (non-hydrogen) atoms. The standard InChI is InChI=1S/C48H27BN8/c1-3-11-27(12-4-1)37-30-15-9-21-51-41(30)38-43-45-31(18-23-53-43)49-32-19-24-54-44-39-42-34(17-10-22-52-42)55(29-13-5-2-6-14-29)48(39)57(46(32)44)36-26-28(33-16-7-8-20-50-33)25-35(40(36)49)56(45)47(37)38/h1-26,37H. The summed E-state index contributed by atoms with van der Waals surface area (Å²) in [5.74, 6) is -0.0330. The molecule has 10 heterocycles. The molecule has 1 aliphatic carbocycles. The quantitative estimate of drug-likeness (QED) is 0.175. The lowest BCUT2D eigenvalue weighted by Gasteiger charge is -2.34. The molecule has 262 valence electrons. The second kappa shape index (κ2) is 10.6. The molecule has 0 amide bonds. The predicted octanol–water partition coefficient (Wildman–Crippen LogP) is 7.62. The summed E-state index contributed by atoms with van der Waals surface area (Å²) in [5, 5.41) is 1.05. The van der Waals surface area contributed by atoms with Crippen molar-refractivity contribution in [3.63, 3.8) is 0 Å². The van der Waals surface area contributed by atoms with Crippen molar-refractivity contribution >= 4 is 67.2 Å². The first-order chi connectivity index (χ1) is 28.3. The third-order valence-corrected chi connectivity index (χ3v) is 12.5. The number of hydrogen-bond donors (Lipinski definition) is 0. The molecule has 0 bridgehead atoms. The number of hydrogen-bond acceptors (Lipinski definition) is 5. The minimum atomic E-state index is -0.0689. The van der Waals surface area contributed by atoms with Crippen LogP contribution in [0.25, 0.3) is 83.7 Å². The number of nitrogens with zero attached hydrogens (tertiary/aromatic N) is 8. The maximum Gasteiger partial charge on any atom is 0.252 e. The van der Waals surface area contributed by atoms with E-state index in [4.69, 9.17) is 24.9 Å². The molecule has 8 nitrogen and oxygen atoms in total. The Balaban J connectivity index is 1.20. The van der Waals surface area contributed by atoms with Crippen LogP contribution in [-0.4, -0.2) is 45.3 Å². The monoisotopic (exact) mass is 726 g/mol. The fraction of sp³-hybridized carbons (Fsp3) is 0.0208. The second-order valence-corrected chi connectivity index (χ2v) is 15.2. The Morgan fingerprint density at radius 3 is 2.02 bits per heavy atom. The zero-order valence-corrected chi connectivity index (χ0v) is 30.2. The van der Waals surface area contributed by atoms with Gasteiger partial charge in [-0.2, -0.15) is 0 Å². The van der Waals surface area contributed by atoms with Crippen molar-refractivity contribution in [2.45, 2.75) is 5.92 Å². The number of fused-ring (bicyclic) bond motifs is 14. The second-order valence-electron chi connectivity index (χ2n) is 15.2. The molecule has 11 aromatic rings. The molecule has 2 aliphatic heterocycles. The van der Waals surface area contributed by atoms with Gasteiger partial charge in [-0.15, -0.1) is 0 Å². The lowest BCUT2D eigenvalue weighted by atomic mass is 9.34. The summed E-state index contributed by atoms with van der Waals surface area (Å²) in [5.41, 5.74) is 21.9. The van der Waals surface area contributed by atoms with Crippen LogP contribution in [-0.2, 0) is 0 Å². The SMILES string of the molecule is c1ccc(C2c3cccnc3-c3c2n2c4c(ccnc34)B3c4c-2cc(-c2ccccn2)cc4-n2c4c3ccnc4c3c4ncccc4n(-c4ccccc4)c32)cc1. The van der Waals surface area contributed by atoms with Gasteiger partial charge in [0.2, 0.25) is 0 Å². The Morgan fingerprint density at radius 2 is 1.21 bits per heavy atom. The Bertz CT molecular complexity index is 3530. The van der Waals surface area contributed by atoms with Crippen LogP contribution in [0.5, 0.6) is 0 Å². The molecule has 3 aromatic carbocycles. The van der Waals surface area contributed by atoms with E-state index in [9.17, 15) is 0 Å². The van der Waals surface area contributed by atoms with Crippen LogP contribution in [0, 0.1) is 0 Å². The third kappa shape index (κ3) is 3.58. The van der Waals surface area contributed by atoms with Crippen LogP contribution in [0.1, 0.15) is 22.7 Å². The first kappa shape index (κ1) is 29.7. The summed E-state index contributed by atoms with van der Waals surface area (Å²) in [6, 6.07) is 45.3. The fourth-order valence-electron chi connectivity index (χ4n) is 10.5. The van der Waals surface area contributed by atoms with E-state index in [0.717, 1.165) is 83.7 Å². The fourth-order valence-corrected chi connectivity index (χ4v) is 10.5. The molecule has 9 heteroatoms. The average Bonchev–Trinajstić information content (AvgIpc) is 4.00. The van der Waals surface area contributed by atoms with Crippen molar-refractivity contribution in [3.8, 4) is 39.6 Å². The lowest BCUT2D eigenvalue weighted by molar-refractivity contribution is 0.902. The van der Waals surface area contributed by atoms with Crippen LogP contribution in [0.3, 0.4) is 0 Å². The van der Waals surface area contributed by atoms with Gasteiger partial charge >= 0.3 is 0 Å². The van der Waals surface area contributed by atoms with Crippen molar-refractivity contribution in [3.05, 3.63) is 175 Å². The Hall–Kier alpha value is -7.65. The van der Waals surface area contributed by atoms with Crippen LogP contribution < -0.4 is 16.4 Å². The minimum Gasteiger partial charge on any atom is -0.311 e. The molecule has 1 atom stereocenters. The molecule has 1 unspecified atom stereocenters. The Kier molecular flexibility index (Phi) is 5.50. The van der Waals surface area contributed by atoms with Crippen molar-refractivity contribution in [1.82, 2.24) is 38.6 Å². The molecular formula is C48H27BN8. The topological polar surface area (TPSA) is 79.2 Å². The Labute approximate surface area is 325 Å². The first-order valence-electron chi connectivity index (χ1n) is 19.3. The van der Waals surface area contributed by atoms with E-state index in [1.807, 2.05) is 43.1 Å². The molecule has 0 spiro atoms. The van der Waals surface area contributed by atoms with Gasteiger partial charge in [-0.05, 0) is 94.2 Å². The summed E-state index contributed by atoms with van der Waals surface area (Å²) in [4.78, 5) is 25.4. The summed E-state index contributed by atoms with van der Waals surface area (Å²) in [6.07, 6.45) is 9.67. The van der Waals surface area contributed by atoms with Crippen LogP contribution in [0.4, 0.5) is 0 Å². The van der Waals surface area contributed by atoms with E-state index in [2.05, 4.69) is 129 Å². The number of aromatic nitrogens is 8. The Morgan fingerprint density at radius 1 is 0.526 bits per heavy atom. The van der Waals surface area contributed by atoms with E-state index in [0.29, 0.717) is 0 Å². The summed E-state index contributed by atoms with van der Waals surface area (Å²) >= 11 is 0. The molecule has 8 aromatic heterocycles. The van der Waals surface area contributed by atoms with E-state index in [1.165, 1.54) is 33.2 Å². The highest BCUT2D eigenvalue weighted by Crippen LogP contribution is 2.52. The van der Waals surface area contributed by atoms with Gasteiger partial charge < -0.3 is 4.57 Å². The summed E-state index contributed by atoms with van der Waals surface area (Å²) in [7, 11) is 0. The maximum absolute atomic E-state index is 5.20. The molecule has 0 N–H and O–H groups in total. The largest absolute Gasteiger partial charge is 0.311 e. The molecule has 0 fully saturated rings. The van der Waals surface area contributed by atoms with E-state index in [-0.39, 0.29) is 12.6 Å². The van der Waals surface area contributed by atoms with Crippen molar-refractivity contribution in [1.29, 1.82) is 0 Å². The van der Waals surface area contributed by atoms with Crippen molar-refractivity contribution in [2.75, 3.05) is 0 Å². The van der Waals surface area contributed by atoms with E-state index < -0.39 is 0 Å². The zero-order chi connectivity index (χ0) is 36.9. The van der Waals surface area contributed by atoms with E-state index >= 15 is 0 Å². The number of para-hydroxylation sites is 1. The van der Waals surface area contributed by atoms with Crippen LogP contribution >= 0.6 is 0 Å². The number of pyridine rings is 5. The molecule has 0 radical (unpaired) electrons. The number of rotatable bonds is 3. The highest BCUT2D eigenvalue weighted by Gasteiger charge is 2.46. The zero-order valence-electron chi connectivity index (χ0n) is 30.2. The molecule has 14 rings (SSSR count). The maximum atomic E-state index is 5.20. The van der Waals surface area contributed by atoms with Crippen molar-refractivity contribution < 1.29 is 0 Å². The first-order valence-corrected chi connectivity index (χ1v) is 19.3. The van der Waals surface area contributed by atoms with Gasteiger partial charge in [0.25, 0.3) is 6.71 Å². The van der Waals surface area contributed by atoms with Gasteiger partial charge in [0, 0.05) is 64.9 Å². The predicted molar refractivity (Wildman–Crippen MR) is 226 cm³/mol. The molecule has 3 aliphatic rings. The van der Waals surface area contributed by atoms with Gasteiger partial charge in [-0.25, -0.2) is 0 Å². The summed E-state index contributed by atoms with van der Waals surface area (Å²) in [6.45, 7) is -0.0689. The van der Waals surface area contributed by atoms with E-state index in [1.54, 1.807) is 0 Å². The highest BCUT2D eigenvalue weighted by atomic mass is 15.2.